The van der Waals surface area contributed by atoms with E-state index in [9.17, 15) is 14.0 Å². The molecule has 5 rings (SSSR count). The van der Waals surface area contributed by atoms with Gasteiger partial charge in [0.05, 0.1) is 16.7 Å². The molecule has 0 atom stereocenters. The van der Waals surface area contributed by atoms with Gasteiger partial charge in [-0.2, -0.15) is 9.49 Å². The van der Waals surface area contributed by atoms with Crippen LogP contribution in [0.4, 0.5) is 14.5 Å². The van der Waals surface area contributed by atoms with Gasteiger partial charge in [0.25, 0.3) is 0 Å². The lowest BCUT2D eigenvalue weighted by molar-refractivity contribution is -0.116. The largest absolute Gasteiger partial charge is 0.482 e. The number of fused-ring (bicyclic) bond motifs is 1. The zero-order chi connectivity index (χ0) is 27.0. The smallest absolute Gasteiger partial charge is 0.329 e. The Labute approximate surface area is 214 Å². The molecular formula is C26H23F2N7O3. The molecule has 3 heterocycles. The fourth-order valence-electron chi connectivity index (χ4n) is 4.39. The number of benzene rings is 2. The monoisotopic (exact) mass is 519 g/mol. The van der Waals surface area contributed by atoms with Crippen LogP contribution < -0.4 is 15.7 Å². The molecule has 0 saturated carbocycles. The summed E-state index contributed by atoms with van der Waals surface area (Å²) in [4.78, 5) is 33.4. The van der Waals surface area contributed by atoms with Crippen molar-refractivity contribution in [2.75, 3.05) is 5.32 Å². The summed E-state index contributed by atoms with van der Waals surface area (Å²) in [7, 11) is 1.58. The number of imidazole rings is 1. The van der Waals surface area contributed by atoms with Crippen molar-refractivity contribution in [3.8, 4) is 16.9 Å². The minimum Gasteiger partial charge on any atom is -0.482 e. The van der Waals surface area contributed by atoms with Crippen LogP contribution in [0.5, 0.6) is 5.75 Å². The Morgan fingerprint density at radius 3 is 2.68 bits per heavy atom. The molecular weight excluding hydrogens is 496 g/mol. The Hall–Kier alpha value is -4.87. The van der Waals surface area contributed by atoms with Crippen LogP contribution in [0.15, 0.2) is 53.7 Å². The van der Waals surface area contributed by atoms with E-state index in [0.717, 1.165) is 5.56 Å². The predicted molar refractivity (Wildman–Crippen MR) is 136 cm³/mol. The van der Waals surface area contributed by atoms with E-state index in [4.69, 9.17) is 4.74 Å². The number of nitrogens with one attached hydrogen (secondary N) is 2. The van der Waals surface area contributed by atoms with E-state index >= 15 is 4.39 Å². The standard InChI is InChI=1S/C26H23F2N7O3/c1-14-7-17(16-9-15(2)24(18(27)10-16)38-12-21-30-13-31-33-21)23-20(8-14)35(26(37)34(23)3)11-22(36)32-19-5-4-6-29-25(19)28/h4-10,13H,11-12H2,1-3H3,(H,32,36)(H,30,31,33). The maximum absolute atomic E-state index is 15.2. The minimum atomic E-state index is -0.824. The van der Waals surface area contributed by atoms with Crippen LogP contribution in [0.3, 0.4) is 0 Å². The first-order valence-electron chi connectivity index (χ1n) is 11.6. The molecule has 0 saturated heterocycles. The first-order valence-corrected chi connectivity index (χ1v) is 11.6. The number of amides is 1. The van der Waals surface area contributed by atoms with Crippen LogP contribution in [0.1, 0.15) is 17.0 Å². The third-order valence-electron chi connectivity index (χ3n) is 6.07. The summed E-state index contributed by atoms with van der Waals surface area (Å²) in [6, 6.07) is 9.61. The van der Waals surface area contributed by atoms with Crippen LogP contribution in [-0.4, -0.2) is 35.2 Å². The number of rotatable bonds is 7. The van der Waals surface area contributed by atoms with E-state index in [0.29, 0.717) is 33.5 Å². The number of carbonyl (C=O) groups is 1. The highest BCUT2D eigenvalue weighted by atomic mass is 19.1. The molecule has 0 bridgehead atoms. The number of aromatic nitrogens is 6. The van der Waals surface area contributed by atoms with Crippen molar-refractivity contribution in [2.45, 2.75) is 27.0 Å². The zero-order valence-electron chi connectivity index (χ0n) is 20.7. The van der Waals surface area contributed by atoms with Crippen LogP contribution in [0, 0.1) is 25.6 Å². The molecule has 2 aromatic carbocycles. The van der Waals surface area contributed by atoms with Crippen LogP contribution in [0.25, 0.3) is 22.2 Å². The number of aryl methyl sites for hydroxylation is 3. The van der Waals surface area contributed by atoms with Crippen molar-refractivity contribution in [1.29, 1.82) is 0 Å². The van der Waals surface area contributed by atoms with Crippen molar-refractivity contribution in [3.05, 3.63) is 88.1 Å². The molecule has 0 aliphatic heterocycles. The molecule has 38 heavy (non-hydrogen) atoms. The van der Waals surface area contributed by atoms with Crippen molar-refractivity contribution < 1.29 is 18.3 Å². The molecule has 0 aliphatic carbocycles. The quantitative estimate of drug-likeness (QED) is 0.317. The van der Waals surface area contributed by atoms with Crippen molar-refractivity contribution >= 4 is 22.6 Å². The number of hydrogen-bond acceptors (Lipinski definition) is 6. The van der Waals surface area contributed by atoms with E-state index in [1.165, 1.54) is 39.9 Å². The Morgan fingerprint density at radius 1 is 1.16 bits per heavy atom. The molecule has 1 amide bonds. The number of anilines is 1. The van der Waals surface area contributed by atoms with E-state index in [1.54, 1.807) is 26.1 Å². The summed E-state index contributed by atoms with van der Waals surface area (Å²) in [5.74, 6) is -1.45. The average molecular weight is 520 g/mol. The molecule has 194 valence electrons. The molecule has 12 heteroatoms. The van der Waals surface area contributed by atoms with Crippen LogP contribution >= 0.6 is 0 Å². The van der Waals surface area contributed by atoms with Gasteiger partial charge in [-0.3, -0.25) is 19.0 Å². The number of ether oxygens (including phenoxy) is 1. The summed E-state index contributed by atoms with van der Waals surface area (Å²) in [6.07, 6.45) is 2.61. The highest BCUT2D eigenvalue weighted by molar-refractivity contribution is 5.96. The molecule has 0 spiro atoms. The van der Waals surface area contributed by atoms with Gasteiger partial charge in [0.15, 0.2) is 17.4 Å². The van der Waals surface area contributed by atoms with Gasteiger partial charge in [-0.1, -0.05) is 0 Å². The van der Waals surface area contributed by atoms with E-state index < -0.39 is 23.4 Å². The summed E-state index contributed by atoms with van der Waals surface area (Å²) < 4.78 is 37.4. The van der Waals surface area contributed by atoms with E-state index in [2.05, 4.69) is 25.5 Å². The van der Waals surface area contributed by atoms with Crippen LogP contribution in [0.2, 0.25) is 0 Å². The van der Waals surface area contributed by atoms with Gasteiger partial charge in [0.1, 0.15) is 19.5 Å². The van der Waals surface area contributed by atoms with Crippen molar-refractivity contribution in [1.82, 2.24) is 29.3 Å². The molecule has 0 radical (unpaired) electrons. The normalized spacial score (nSPS) is 11.2. The summed E-state index contributed by atoms with van der Waals surface area (Å²) in [5.41, 5.74) is 2.98. The molecule has 0 fully saturated rings. The fourth-order valence-corrected chi connectivity index (χ4v) is 4.39. The summed E-state index contributed by atoms with van der Waals surface area (Å²) in [6.45, 7) is 3.23. The second-order valence-corrected chi connectivity index (χ2v) is 8.82. The van der Waals surface area contributed by atoms with Crippen molar-refractivity contribution in [3.63, 3.8) is 0 Å². The van der Waals surface area contributed by atoms with Gasteiger partial charge < -0.3 is 10.1 Å². The number of nitrogens with zero attached hydrogens (tertiary/aromatic N) is 5. The molecule has 2 N–H and O–H groups in total. The second-order valence-electron chi connectivity index (χ2n) is 8.82. The zero-order valence-corrected chi connectivity index (χ0v) is 20.7. The highest BCUT2D eigenvalue weighted by Gasteiger charge is 2.20. The minimum absolute atomic E-state index is 0.0220. The Morgan fingerprint density at radius 2 is 1.97 bits per heavy atom. The van der Waals surface area contributed by atoms with Crippen LogP contribution in [-0.2, 0) is 25.0 Å². The predicted octanol–water partition coefficient (Wildman–Crippen LogP) is 3.63. The number of H-pyrrole nitrogens is 1. The molecule has 0 aliphatic rings. The molecule has 10 nitrogen and oxygen atoms in total. The van der Waals surface area contributed by atoms with E-state index in [1.807, 2.05) is 13.0 Å². The average Bonchev–Trinajstić information content (AvgIpc) is 3.47. The lowest BCUT2D eigenvalue weighted by Gasteiger charge is -2.13. The molecule has 0 unspecified atom stereocenters. The number of hydrogen-bond donors (Lipinski definition) is 2. The van der Waals surface area contributed by atoms with Gasteiger partial charge in [-0.15, -0.1) is 0 Å². The fraction of sp³-hybridized carbons (Fsp3) is 0.192. The first kappa shape index (κ1) is 24.8. The number of pyridine rings is 1. The SMILES string of the molecule is Cc1cc(-c2cc(C)c(OCc3ncn[nH]3)c(F)c2)c2c(c1)n(CC(=O)Nc1cccnc1F)c(=O)n2C. The summed E-state index contributed by atoms with van der Waals surface area (Å²) in [5, 5.41) is 8.85. The van der Waals surface area contributed by atoms with Gasteiger partial charge in [-0.25, -0.2) is 19.2 Å². The topological polar surface area (TPSA) is 120 Å². The first-order chi connectivity index (χ1) is 18.2. The highest BCUT2D eigenvalue weighted by Crippen LogP contribution is 2.34. The van der Waals surface area contributed by atoms with Gasteiger partial charge in [0.2, 0.25) is 11.9 Å². The Bertz CT molecular complexity index is 1700. The molecule has 3 aromatic heterocycles. The Balaban J connectivity index is 1.52. The third kappa shape index (κ3) is 4.63. The number of halogens is 2. The van der Waals surface area contributed by atoms with Gasteiger partial charge >= 0.3 is 5.69 Å². The lowest BCUT2D eigenvalue weighted by atomic mass is 9.99. The molecule has 5 aromatic rings. The lowest BCUT2D eigenvalue weighted by Crippen LogP contribution is -2.28. The number of aromatic amines is 1. The second kappa shape index (κ2) is 9.88. The summed E-state index contributed by atoms with van der Waals surface area (Å²) >= 11 is 0. The maximum atomic E-state index is 15.2. The Kier molecular flexibility index (Phi) is 6.45. The maximum Gasteiger partial charge on any atom is 0.329 e. The van der Waals surface area contributed by atoms with Crippen molar-refractivity contribution in [2.24, 2.45) is 7.05 Å². The number of carbonyl (C=O) groups excluding carboxylic acids is 1. The van der Waals surface area contributed by atoms with Gasteiger partial charge in [0, 0.05) is 18.8 Å². The van der Waals surface area contributed by atoms with E-state index in [-0.39, 0.29) is 24.6 Å². The third-order valence-corrected chi connectivity index (χ3v) is 6.07. The van der Waals surface area contributed by atoms with Gasteiger partial charge in [-0.05, 0) is 66.9 Å².